The molecule has 0 bridgehead atoms. The molecule has 8 heteroatoms. The molecule has 0 radical (unpaired) electrons. The van der Waals surface area contributed by atoms with Gasteiger partial charge < -0.3 is 15.1 Å². The van der Waals surface area contributed by atoms with Crippen LogP contribution in [0.1, 0.15) is 12.5 Å². The predicted octanol–water partition coefficient (Wildman–Crippen LogP) is 1.17. The molecule has 0 fully saturated rings. The van der Waals surface area contributed by atoms with Crippen molar-refractivity contribution in [1.29, 1.82) is 5.26 Å². The second-order valence-corrected chi connectivity index (χ2v) is 4.48. The van der Waals surface area contributed by atoms with E-state index in [4.69, 9.17) is 5.26 Å². The van der Waals surface area contributed by atoms with Gasteiger partial charge in [-0.15, -0.1) is 0 Å². The lowest BCUT2D eigenvalue weighted by Crippen LogP contribution is -2.33. The average Bonchev–Trinajstić information content (AvgIpc) is 2.46. The molecule has 0 spiro atoms. The zero-order valence-corrected chi connectivity index (χ0v) is 11.6. The lowest BCUT2D eigenvalue weighted by atomic mass is 9.98. The summed E-state index contributed by atoms with van der Waals surface area (Å²) < 4.78 is 0. The van der Waals surface area contributed by atoms with Gasteiger partial charge in [-0.3, -0.25) is 14.9 Å². The highest BCUT2D eigenvalue weighted by atomic mass is 16.6. The number of carbonyl (C=O) groups is 1. The zero-order chi connectivity index (χ0) is 16.2. The molecule has 0 saturated heterocycles. The van der Waals surface area contributed by atoms with Crippen LogP contribution in [0.5, 0.6) is 11.5 Å². The van der Waals surface area contributed by atoms with E-state index in [9.17, 15) is 25.1 Å². The van der Waals surface area contributed by atoms with E-state index in [1.807, 2.05) is 6.07 Å². The first-order valence-corrected chi connectivity index (χ1v) is 6.15. The van der Waals surface area contributed by atoms with Crippen LogP contribution < -0.4 is 0 Å². The number of nitro groups is 1. The Hall–Kier alpha value is -2.82. The molecule has 0 aromatic heterocycles. The molecular formula is C13H15N3O5. The van der Waals surface area contributed by atoms with Crippen molar-refractivity contribution in [3.05, 3.63) is 27.8 Å². The molecule has 0 aliphatic carbocycles. The van der Waals surface area contributed by atoms with Gasteiger partial charge in [-0.25, -0.2) is 0 Å². The van der Waals surface area contributed by atoms with Gasteiger partial charge in [-0.1, -0.05) is 0 Å². The summed E-state index contributed by atoms with van der Waals surface area (Å²) in [6.45, 7) is 2.18. The number of nitro benzene ring substituents is 1. The van der Waals surface area contributed by atoms with Crippen molar-refractivity contribution in [2.24, 2.45) is 5.92 Å². The Morgan fingerprint density at radius 2 is 2.14 bits per heavy atom. The molecule has 1 unspecified atom stereocenters. The number of aromatic hydroxyl groups is 2. The van der Waals surface area contributed by atoms with Crippen molar-refractivity contribution >= 4 is 11.6 Å². The largest absolute Gasteiger partial charge is 0.504 e. The molecule has 2 N–H and O–H groups in total. The summed E-state index contributed by atoms with van der Waals surface area (Å²) >= 11 is 0. The van der Waals surface area contributed by atoms with Crippen LogP contribution in [0.2, 0.25) is 0 Å². The first kappa shape index (κ1) is 16.2. The number of nitrogens with zero attached hydrogens (tertiary/aromatic N) is 3. The van der Waals surface area contributed by atoms with Crippen LogP contribution in [0.25, 0.3) is 0 Å². The number of hydrogen-bond donors (Lipinski definition) is 2. The first-order valence-electron chi connectivity index (χ1n) is 6.15. The highest BCUT2D eigenvalue weighted by molar-refractivity contribution is 5.81. The average molecular weight is 293 g/mol. The van der Waals surface area contributed by atoms with Gasteiger partial charge in [0, 0.05) is 19.7 Å². The summed E-state index contributed by atoms with van der Waals surface area (Å²) in [5.41, 5.74) is -0.445. The van der Waals surface area contributed by atoms with E-state index in [0.29, 0.717) is 6.54 Å². The molecule has 8 nitrogen and oxygen atoms in total. The van der Waals surface area contributed by atoms with Crippen LogP contribution in [0.15, 0.2) is 12.1 Å². The maximum Gasteiger partial charge on any atom is 0.314 e. The van der Waals surface area contributed by atoms with E-state index >= 15 is 0 Å². The standard InChI is InChI=1S/C13H15N3O5/c1-3-15(2)13(19)9(7-14)4-8-5-10(16(20)21)12(18)11(17)6-8/h5-6,9,17-18H,3-4H2,1-2H3. The van der Waals surface area contributed by atoms with Gasteiger partial charge in [0.2, 0.25) is 11.7 Å². The monoisotopic (exact) mass is 293 g/mol. The number of hydrogen-bond acceptors (Lipinski definition) is 6. The van der Waals surface area contributed by atoms with E-state index in [0.717, 1.165) is 12.1 Å². The Labute approximate surface area is 121 Å². The Bertz CT molecular complexity index is 609. The van der Waals surface area contributed by atoms with Crippen LogP contribution in [0.3, 0.4) is 0 Å². The molecule has 0 aliphatic rings. The van der Waals surface area contributed by atoms with Crippen molar-refractivity contribution < 1.29 is 19.9 Å². The summed E-state index contributed by atoms with van der Waals surface area (Å²) in [4.78, 5) is 23.2. The van der Waals surface area contributed by atoms with Crippen molar-refractivity contribution in [3.63, 3.8) is 0 Å². The SMILES string of the molecule is CCN(C)C(=O)C(C#N)Cc1cc(O)c(O)c([N+](=O)[O-])c1. The molecule has 0 heterocycles. The maximum absolute atomic E-state index is 11.9. The summed E-state index contributed by atoms with van der Waals surface area (Å²) in [5, 5.41) is 38.7. The molecule has 1 aromatic rings. The predicted molar refractivity (Wildman–Crippen MR) is 72.5 cm³/mol. The van der Waals surface area contributed by atoms with Gasteiger partial charge in [0.05, 0.1) is 11.0 Å². The molecule has 1 atom stereocenters. The van der Waals surface area contributed by atoms with Gasteiger partial charge in [0.15, 0.2) is 5.75 Å². The second-order valence-electron chi connectivity index (χ2n) is 4.48. The van der Waals surface area contributed by atoms with Crippen molar-refractivity contribution in [1.82, 2.24) is 4.90 Å². The molecular weight excluding hydrogens is 278 g/mol. The van der Waals surface area contributed by atoms with Crippen LogP contribution in [0.4, 0.5) is 5.69 Å². The lowest BCUT2D eigenvalue weighted by molar-refractivity contribution is -0.386. The lowest BCUT2D eigenvalue weighted by Gasteiger charge is -2.18. The Morgan fingerprint density at radius 3 is 2.62 bits per heavy atom. The summed E-state index contributed by atoms with van der Waals surface area (Å²) in [6.07, 6.45) is -0.0889. The number of nitriles is 1. The van der Waals surface area contributed by atoms with Gasteiger partial charge in [0.1, 0.15) is 5.92 Å². The van der Waals surface area contributed by atoms with Crippen molar-refractivity contribution in [2.45, 2.75) is 13.3 Å². The van der Waals surface area contributed by atoms with Crippen molar-refractivity contribution in [3.8, 4) is 17.6 Å². The quantitative estimate of drug-likeness (QED) is 0.476. The number of phenolic OH excluding ortho intramolecular Hbond substituents is 2. The topological polar surface area (TPSA) is 128 Å². The fourth-order valence-corrected chi connectivity index (χ4v) is 1.76. The molecule has 1 aromatic carbocycles. The number of phenols is 2. The normalized spacial score (nSPS) is 11.5. The Kier molecular flexibility index (Phi) is 5.07. The van der Waals surface area contributed by atoms with Crippen LogP contribution in [0, 0.1) is 27.4 Å². The smallest absolute Gasteiger partial charge is 0.314 e. The minimum Gasteiger partial charge on any atom is -0.504 e. The van der Waals surface area contributed by atoms with Crippen molar-refractivity contribution in [2.75, 3.05) is 13.6 Å². The van der Waals surface area contributed by atoms with Gasteiger partial charge in [0.25, 0.3) is 0 Å². The minimum absolute atomic E-state index is 0.0889. The van der Waals surface area contributed by atoms with Crippen LogP contribution >= 0.6 is 0 Å². The molecule has 1 amide bonds. The fraction of sp³-hybridized carbons (Fsp3) is 0.385. The summed E-state index contributed by atoms with van der Waals surface area (Å²) in [5.74, 6) is -2.92. The third-order valence-electron chi connectivity index (χ3n) is 3.07. The second kappa shape index (κ2) is 6.56. The summed E-state index contributed by atoms with van der Waals surface area (Å²) in [6, 6.07) is 3.99. The van der Waals surface area contributed by atoms with Crippen LogP contribution in [-0.4, -0.2) is 39.5 Å². The maximum atomic E-state index is 11.9. The molecule has 112 valence electrons. The van der Waals surface area contributed by atoms with E-state index in [1.54, 1.807) is 14.0 Å². The fourth-order valence-electron chi connectivity index (χ4n) is 1.76. The minimum atomic E-state index is -1.02. The Morgan fingerprint density at radius 1 is 1.52 bits per heavy atom. The molecule has 1 rings (SSSR count). The number of carbonyl (C=O) groups excluding carboxylic acids is 1. The first-order chi connectivity index (χ1) is 9.81. The van der Waals surface area contributed by atoms with E-state index < -0.39 is 33.9 Å². The van der Waals surface area contributed by atoms with Gasteiger partial charge >= 0.3 is 5.69 Å². The zero-order valence-electron chi connectivity index (χ0n) is 11.6. The summed E-state index contributed by atoms with van der Waals surface area (Å²) in [7, 11) is 1.55. The number of benzene rings is 1. The van der Waals surface area contributed by atoms with Gasteiger partial charge in [-0.2, -0.15) is 5.26 Å². The van der Waals surface area contributed by atoms with E-state index in [-0.39, 0.29) is 12.0 Å². The third-order valence-corrected chi connectivity index (χ3v) is 3.07. The van der Waals surface area contributed by atoms with Gasteiger partial charge in [-0.05, 0) is 25.0 Å². The van der Waals surface area contributed by atoms with Crippen LogP contribution in [-0.2, 0) is 11.2 Å². The highest BCUT2D eigenvalue weighted by Gasteiger charge is 2.24. The van der Waals surface area contributed by atoms with E-state index in [1.165, 1.54) is 4.90 Å². The highest BCUT2D eigenvalue weighted by Crippen LogP contribution is 2.36. The number of amides is 1. The third kappa shape index (κ3) is 3.60. The molecule has 0 aliphatic heterocycles. The van der Waals surface area contributed by atoms with E-state index in [2.05, 4.69) is 0 Å². The molecule has 0 saturated carbocycles. The molecule has 21 heavy (non-hydrogen) atoms. The Balaban J connectivity index is 3.10. The number of rotatable bonds is 5.